The Balaban J connectivity index is 2.42. The molecule has 17 heavy (non-hydrogen) atoms. The number of aliphatic hydroxyl groups is 2. The predicted octanol–water partition coefficient (Wildman–Crippen LogP) is -1.58. The molecule has 5 N–H and O–H groups in total. The van der Waals surface area contributed by atoms with E-state index in [1.807, 2.05) is 0 Å². The summed E-state index contributed by atoms with van der Waals surface area (Å²) in [5, 5.41) is 26.0. The van der Waals surface area contributed by atoms with E-state index in [1.165, 1.54) is 6.20 Å². The van der Waals surface area contributed by atoms with E-state index in [2.05, 4.69) is 15.4 Å². The van der Waals surface area contributed by atoms with Crippen LogP contribution in [0.15, 0.2) is 24.7 Å². The largest absolute Gasteiger partial charge is 0.395 e. The Kier molecular flexibility index (Phi) is 3.34. The molecule has 0 bridgehead atoms. The van der Waals surface area contributed by atoms with E-state index in [-0.39, 0.29) is 19.7 Å². The second-order valence-corrected chi connectivity index (χ2v) is 3.66. The van der Waals surface area contributed by atoms with Gasteiger partial charge in [-0.1, -0.05) is 0 Å². The monoisotopic (exact) mass is 237 g/mol. The van der Waals surface area contributed by atoms with Crippen LogP contribution in [0.5, 0.6) is 0 Å². The maximum absolute atomic E-state index is 10.4. The van der Waals surface area contributed by atoms with Crippen molar-refractivity contribution < 1.29 is 10.2 Å². The molecule has 7 heteroatoms. The third-order valence-corrected chi connectivity index (χ3v) is 2.55. The van der Waals surface area contributed by atoms with Gasteiger partial charge in [-0.05, 0) is 6.07 Å². The van der Waals surface area contributed by atoms with E-state index in [4.69, 9.17) is 10.8 Å². The topological polar surface area (TPSA) is 109 Å². The minimum atomic E-state index is -1.43. The van der Waals surface area contributed by atoms with Crippen LogP contribution in [0.2, 0.25) is 0 Å². The molecule has 0 aliphatic carbocycles. The molecule has 2 aromatic rings. The second-order valence-electron chi connectivity index (χ2n) is 3.66. The van der Waals surface area contributed by atoms with E-state index in [1.54, 1.807) is 23.0 Å². The average Bonchev–Trinajstić information content (AvgIpc) is 2.80. The van der Waals surface area contributed by atoms with Gasteiger partial charge in [0.05, 0.1) is 18.4 Å². The Labute approximate surface area is 97.9 Å². The van der Waals surface area contributed by atoms with Gasteiger partial charge in [-0.3, -0.25) is 5.32 Å². The predicted molar refractivity (Wildman–Crippen MR) is 61.0 cm³/mol. The molecule has 2 heterocycles. The van der Waals surface area contributed by atoms with Crippen molar-refractivity contribution in [2.75, 3.05) is 19.7 Å². The van der Waals surface area contributed by atoms with E-state index in [9.17, 15) is 5.11 Å². The highest BCUT2D eigenvalue weighted by Gasteiger charge is 2.30. The number of nitrogens with two attached hydrogens (primary N) is 1. The summed E-state index contributed by atoms with van der Waals surface area (Å²) >= 11 is 0. The first-order valence-electron chi connectivity index (χ1n) is 5.28. The summed E-state index contributed by atoms with van der Waals surface area (Å²) in [5.41, 5.74) is 5.17. The molecule has 0 spiro atoms. The van der Waals surface area contributed by atoms with Gasteiger partial charge in [-0.2, -0.15) is 5.10 Å². The van der Waals surface area contributed by atoms with Crippen molar-refractivity contribution in [2.24, 2.45) is 5.73 Å². The fourth-order valence-electron chi connectivity index (χ4n) is 1.66. The molecule has 0 aromatic carbocycles. The molecule has 1 unspecified atom stereocenters. The Bertz CT molecular complexity index is 500. The zero-order valence-electron chi connectivity index (χ0n) is 9.24. The SMILES string of the molecule is NCC(O)(NCCO)c1cnn2cccnc12. The quantitative estimate of drug-likeness (QED) is 0.467. The fraction of sp³-hybridized carbons (Fsp3) is 0.400. The molecule has 92 valence electrons. The van der Waals surface area contributed by atoms with Crippen LogP contribution in [-0.2, 0) is 5.72 Å². The Morgan fingerprint density at radius 1 is 1.53 bits per heavy atom. The van der Waals surface area contributed by atoms with E-state index in [0.717, 1.165) is 0 Å². The standard InChI is InChI=1S/C10H15N5O2/c11-7-10(17,13-3-5-16)8-6-14-15-4-1-2-12-9(8)15/h1-2,4,6,13,16-17H,3,5,7,11H2. The van der Waals surface area contributed by atoms with Gasteiger partial charge in [0.1, 0.15) is 0 Å². The van der Waals surface area contributed by atoms with E-state index < -0.39 is 5.72 Å². The smallest absolute Gasteiger partial charge is 0.162 e. The zero-order valence-corrected chi connectivity index (χ0v) is 9.24. The van der Waals surface area contributed by atoms with Crippen molar-refractivity contribution in [3.63, 3.8) is 0 Å². The van der Waals surface area contributed by atoms with Crippen LogP contribution >= 0.6 is 0 Å². The van der Waals surface area contributed by atoms with Gasteiger partial charge in [-0.15, -0.1) is 0 Å². The number of nitrogens with one attached hydrogen (secondary N) is 1. The lowest BCUT2D eigenvalue weighted by Gasteiger charge is -2.26. The lowest BCUT2D eigenvalue weighted by atomic mass is 10.1. The number of aliphatic hydroxyl groups excluding tert-OH is 1. The van der Waals surface area contributed by atoms with Gasteiger partial charge in [0.15, 0.2) is 11.4 Å². The van der Waals surface area contributed by atoms with E-state index in [0.29, 0.717) is 11.2 Å². The average molecular weight is 237 g/mol. The van der Waals surface area contributed by atoms with Gasteiger partial charge >= 0.3 is 0 Å². The molecule has 7 nitrogen and oxygen atoms in total. The van der Waals surface area contributed by atoms with Crippen LogP contribution in [0.25, 0.3) is 5.65 Å². The Hall–Kier alpha value is -1.54. The van der Waals surface area contributed by atoms with E-state index >= 15 is 0 Å². The second kappa shape index (κ2) is 4.76. The highest BCUT2D eigenvalue weighted by molar-refractivity contribution is 5.49. The number of hydrogen-bond donors (Lipinski definition) is 4. The normalized spacial score (nSPS) is 15.0. The first-order valence-corrected chi connectivity index (χ1v) is 5.28. The van der Waals surface area contributed by atoms with Gasteiger partial charge < -0.3 is 15.9 Å². The molecule has 0 amide bonds. The number of rotatable bonds is 5. The van der Waals surface area contributed by atoms with Crippen LogP contribution in [-0.4, -0.2) is 44.5 Å². The molecule has 1 atom stereocenters. The summed E-state index contributed by atoms with van der Waals surface area (Å²) in [5.74, 6) is 0. The maximum Gasteiger partial charge on any atom is 0.162 e. The Morgan fingerprint density at radius 2 is 2.35 bits per heavy atom. The molecular weight excluding hydrogens is 222 g/mol. The lowest BCUT2D eigenvalue weighted by molar-refractivity contribution is 0.00694. The highest BCUT2D eigenvalue weighted by atomic mass is 16.3. The Morgan fingerprint density at radius 3 is 3.06 bits per heavy atom. The zero-order chi connectivity index (χ0) is 12.3. The third kappa shape index (κ3) is 2.13. The molecule has 0 saturated heterocycles. The summed E-state index contributed by atoms with van der Waals surface area (Å²) in [6.45, 7) is 0.109. The van der Waals surface area contributed by atoms with Crippen LogP contribution in [0.4, 0.5) is 0 Å². The number of fused-ring (bicyclic) bond motifs is 1. The van der Waals surface area contributed by atoms with Gasteiger partial charge in [0.25, 0.3) is 0 Å². The molecule has 0 radical (unpaired) electrons. The minimum Gasteiger partial charge on any atom is -0.395 e. The van der Waals surface area contributed by atoms with Crippen molar-refractivity contribution in [3.8, 4) is 0 Å². The number of aromatic nitrogens is 3. The highest BCUT2D eigenvalue weighted by Crippen LogP contribution is 2.20. The maximum atomic E-state index is 10.4. The van der Waals surface area contributed by atoms with Crippen molar-refractivity contribution in [1.29, 1.82) is 0 Å². The molecule has 0 saturated carbocycles. The van der Waals surface area contributed by atoms with Gasteiger partial charge in [0, 0.05) is 25.5 Å². The summed E-state index contributed by atoms with van der Waals surface area (Å²) in [6, 6.07) is 1.74. The first kappa shape index (κ1) is 11.9. The van der Waals surface area contributed by atoms with Crippen LogP contribution in [0.3, 0.4) is 0 Å². The molecule has 2 rings (SSSR count). The number of hydrogen-bond acceptors (Lipinski definition) is 6. The summed E-state index contributed by atoms with van der Waals surface area (Å²) < 4.78 is 1.55. The summed E-state index contributed by atoms with van der Waals surface area (Å²) in [4.78, 5) is 4.15. The van der Waals surface area contributed by atoms with Crippen LogP contribution in [0.1, 0.15) is 5.56 Å². The molecule has 2 aromatic heterocycles. The van der Waals surface area contributed by atoms with Crippen molar-refractivity contribution in [1.82, 2.24) is 19.9 Å². The van der Waals surface area contributed by atoms with Crippen LogP contribution < -0.4 is 11.1 Å². The molecule has 0 aliphatic rings. The van der Waals surface area contributed by atoms with Crippen molar-refractivity contribution >= 4 is 5.65 Å². The fourth-order valence-corrected chi connectivity index (χ4v) is 1.66. The molecule has 0 fully saturated rings. The van der Waals surface area contributed by atoms with Crippen molar-refractivity contribution in [3.05, 3.63) is 30.2 Å². The third-order valence-electron chi connectivity index (χ3n) is 2.55. The number of nitrogens with zero attached hydrogens (tertiary/aromatic N) is 3. The lowest BCUT2D eigenvalue weighted by Crippen LogP contribution is -2.49. The first-order chi connectivity index (χ1) is 8.21. The van der Waals surface area contributed by atoms with Crippen LogP contribution in [0, 0.1) is 0 Å². The molecular formula is C10H15N5O2. The summed E-state index contributed by atoms with van der Waals surface area (Å²) in [7, 11) is 0. The minimum absolute atomic E-state index is 0.0368. The summed E-state index contributed by atoms with van der Waals surface area (Å²) in [6.07, 6.45) is 4.86. The molecule has 0 aliphatic heterocycles. The van der Waals surface area contributed by atoms with Crippen molar-refractivity contribution in [2.45, 2.75) is 5.72 Å². The van der Waals surface area contributed by atoms with Gasteiger partial charge in [-0.25, -0.2) is 9.50 Å². The van der Waals surface area contributed by atoms with Gasteiger partial charge in [0.2, 0.25) is 0 Å².